The zero-order valence-electron chi connectivity index (χ0n) is 19.7. The third kappa shape index (κ3) is 4.58. The average molecular weight is 472 g/mol. The fraction of sp³-hybridized carbons (Fsp3) is 0.440. The van der Waals surface area contributed by atoms with Gasteiger partial charge in [0, 0.05) is 44.4 Å². The largest absolute Gasteiger partial charge is 0.493 e. The summed E-state index contributed by atoms with van der Waals surface area (Å²) in [6.07, 6.45) is 0. The van der Waals surface area contributed by atoms with Gasteiger partial charge in [-0.3, -0.25) is 14.5 Å². The van der Waals surface area contributed by atoms with Crippen LogP contribution in [0.1, 0.15) is 33.4 Å². The van der Waals surface area contributed by atoms with Crippen molar-refractivity contribution in [1.29, 1.82) is 0 Å². The summed E-state index contributed by atoms with van der Waals surface area (Å²) in [4.78, 5) is 30.6. The molecule has 182 valence electrons. The van der Waals surface area contributed by atoms with Crippen LogP contribution < -0.4 is 14.8 Å². The molecule has 0 saturated carbocycles. The van der Waals surface area contributed by atoms with Gasteiger partial charge in [-0.25, -0.2) is 4.39 Å². The Bertz CT molecular complexity index is 1060. The maximum atomic E-state index is 14.9. The summed E-state index contributed by atoms with van der Waals surface area (Å²) in [7, 11) is 4.57. The summed E-state index contributed by atoms with van der Waals surface area (Å²) >= 11 is 0. The molecule has 1 N–H and O–H groups in total. The molecule has 2 amide bonds. The highest BCUT2D eigenvalue weighted by atomic mass is 19.1. The second-order valence-electron chi connectivity index (χ2n) is 8.40. The number of nitrogens with zero attached hydrogens (tertiary/aromatic N) is 2. The number of carbonyl (C=O) groups is 2. The van der Waals surface area contributed by atoms with Gasteiger partial charge in [-0.2, -0.15) is 0 Å². The van der Waals surface area contributed by atoms with E-state index in [9.17, 15) is 14.0 Å². The van der Waals surface area contributed by atoms with Crippen LogP contribution >= 0.6 is 0 Å². The molecule has 4 rings (SSSR count). The van der Waals surface area contributed by atoms with Crippen molar-refractivity contribution < 1.29 is 28.2 Å². The van der Waals surface area contributed by atoms with E-state index in [1.807, 2.05) is 0 Å². The number of morpholine rings is 1. The number of amides is 2. The van der Waals surface area contributed by atoms with Crippen molar-refractivity contribution in [3.63, 3.8) is 0 Å². The van der Waals surface area contributed by atoms with Crippen molar-refractivity contribution in [3.05, 3.63) is 58.9 Å². The second-order valence-corrected chi connectivity index (χ2v) is 8.40. The Morgan fingerprint density at radius 2 is 1.79 bits per heavy atom. The number of likely N-dealkylation sites (N-methyl/N-ethyl adjacent to an activating group) is 1. The van der Waals surface area contributed by atoms with E-state index in [1.165, 1.54) is 25.2 Å². The van der Waals surface area contributed by atoms with Crippen molar-refractivity contribution >= 4 is 11.8 Å². The minimum absolute atomic E-state index is 0.283. The molecule has 1 saturated heterocycles. The molecule has 0 aromatic heterocycles. The first-order chi connectivity index (χ1) is 16.5. The third-order valence-electron chi connectivity index (χ3n) is 6.51. The minimum Gasteiger partial charge on any atom is -0.493 e. The molecule has 0 radical (unpaired) electrons. The topological polar surface area (TPSA) is 80.3 Å². The minimum atomic E-state index is -0.834. The number of fused-ring (bicyclic) bond motifs is 1. The predicted octanol–water partition coefficient (Wildman–Crippen LogP) is 2.20. The Labute approximate surface area is 198 Å². The van der Waals surface area contributed by atoms with Gasteiger partial charge in [0.25, 0.3) is 5.91 Å². The Morgan fingerprint density at radius 3 is 2.47 bits per heavy atom. The number of methoxy groups -OCH3 is 2. The number of halogens is 1. The van der Waals surface area contributed by atoms with E-state index in [4.69, 9.17) is 14.2 Å². The lowest BCUT2D eigenvalue weighted by atomic mass is 9.79. The van der Waals surface area contributed by atoms with Crippen LogP contribution in [0.5, 0.6) is 11.5 Å². The molecule has 9 heteroatoms. The molecule has 2 aliphatic rings. The van der Waals surface area contributed by atoms with E-state index in [0.717, 1.165) is 13.1 Å². The number of carbonyl (C=O) groups excluding carboxylic acids is 2. The summed E-state index contributed by atoms with van der Waals surface area (Å²) in [5, 5.41) is 3.01. The van der Waals surface area contributed by atoms with Crippen LogP contribution in [0, 0.1) is 5.82 Å². The highest BCUT2D eigenvalue weighted by Crippen LogP contribution is 2.46. The Kier molecular flexibility index (Phi) is 7.33. The molecular formula is C25H30FN3O5. The highest BCUT2D eigenvalue weighted by Gasteiger charge is 2.44. The first-order valence-corrected chi connectivity index (χ1v) is 11.3. The number of hydrogen-bond acceptors (Lipinski definition) is 6. The third-order valence-corrected chi connectivity index (χ3v) is 6.51. The van der Waals surface area contributed by atoms with Gasteiger partial charge in [-0.05, 0) is 23.8 Å². The molecule has 2 atom stereocenters. The number of nitrogens with one attached hydrogen (secondary N) is 1. The maximum absolute atomic E-state index is 14.9. The van der Waals surface area contributed by atoms with Crippen LogP contribution in [0.2, 0.25) is 0 Å². The lowest BCUT2D eigenvalue weighted by molar-refractivity contribution is -0.124. The van der Waals surface area contributed by atoms with Gasteiger partial charge >= 0.3 is 0 Å². The summed E-state index contributed by atoms with van der Waals surface area (Å²) in [5.74, 6) is -1.12. The Morgan fingerprint density at radius 1 is 1.12 bits per heavy atom. The smallest absolute Gasteiger partial charge is 0.254 e. The molecule has 0 bridgehead atoms. The van der Waals surface area contributed by atoms with Crippen LogP contribution in [-0.4, -0.2) is 82.3 Å². The van der Waals surface area contributed by atoms with E-state index in [1.54, 1.807) is 37.4 Å². The summed E-state index contributed by atoms with van der Waals surface area (Å²) in [6.45, 7) is 4.09. The van der Waals surface area contributed by atoms with E-state index in [2.05, 4.69) is 10.2 Å². The summed E-state index contributed by atoms with van der Waals surface area (Å²) in [5.41, 5.74) is 1.10. The van der Waals surface area contributed by atoms with E-state index in [-0.39, 0.29) is 17.4 Å². The van der Waals surface area contributed by atoms with Crippen LogP contribution in [0.4, 0.5) is 4.39 Å². The number of benzene rings is 2. The first-order valence-electron chi connectivity index (χ1n) is 11.3. The molecule has 0 aliphatic carbocycles. The zero-order valence-corrected chi connectivity index (χ0v) is 19.7. The lowest BCUT2D eigenvalue weighted by Crippen LogP contribution is -2.47. The van der Waals surface area contributed by atoms with E-state index in [0.29, 0.717) is 48.9 Å². The second kappa shape index (κ2) is 10.4. The van der Waals surface area contributed by atoms with Gasteiger partial charge in [0.1, 0.15) is 5.82 Å². The molecule has 1 fully saturated rings. The van der Waals surface area contributed by atoms with Crippen LogP contribution in [0.15, 0.2) is 36.4 Å². The van der Waals surface area contributed by atoms with Gasteiger partial charge in [0.2, 0.25) is 5.91 Å². The molecule has 0 unspecified atom stereocenters. The molecule has 8 nitrogen and oxygen atoms in total. The highest BCUT2D eigenvalue weighted by molar-refractivity contribution is 6.02. The fourth-order valence-corrected chi connectivity index (χ4v) is 4.71. The predicted molar refractivity (Wildman–Crippen MR) is 124 cm³/mol. The van der Waals surface area contributed by atoms with Crippen molar-refractivity contribution in [1.82, 2.24) is 15.1 Å². The fourth-order valence-electron chi connectivity index (χ4n) is 4.71. The van der Waals surface area contributed by atoms with Crippen molar-refractivity contribution in [3.8, 4) is 11.5 Å². The first kappa shape index (κ1) is 24.0. The van der Waals surface area contributed by atoms with Crippen molar-refractivity contribution in [2.75, 3.05) is 60.7 Å². The van der Waals surface area contributed by atoms with E-state index < -0.39 is 17.8 Å². The summed E-state index contributed by atoms with van der Waals surface area (Å²) in [6, 6.07) is 8.66. The molecular weight excluding hydrogens is 441 g/mol. The molecule has 2 heterocycles. The molecule has 2 aromatic carbocycles. The summed E-state index contributed by atoms with van der Waals surface area (Å²) < 4.78 is 31.1. The Balaban J connectivity index is 1.72. The number of hydrogen-bond donors (Lipinski definition) is 1. The maximum Gasteiger partial charge on any atom is 0.254 e. The van der Waals surface area contributed by atoms with Crippen LogP contribution in [0.25, 0.3) is 0 Å². The normalized spacial score (nSPS) is 20.6. The average Bonchev–Trinajstić information content (AvgIpc) is 2.86. The van der Waals surface area contributed by atoms with Crippen LogP contribution in [0.3, 0.4) is 0 Å². The number of ether oxygens (including phenoxy) is 3. The van der Waals surface area contributed by atoms with Gasteiger partial charge in [-0.1, -0.05) is 18.2 Å². The SMILES string of the molecule is COc1cc2c(cc1OC)[C@@H](C(=O)NCCN1CCOCC1)[C@H](c1ccccc1F)N(C)C2=O. The zero-order chi connectivity index (χ0) is 24.2. The van der Waals surface area contributed by atoms with Gasteiger partial charge in [-0.15, -0.1) is 0 Å². The number of rotatable bonds is 7. The van der Waals surface area contributed by atoms with Gasteiger partial charge in [0.15, 0.2) is 11.5 Å². The standard InChI is InChI=1S/C25H30FN3O5/c1-28-23(16-6-4-5-7-19(16)26)22(24(30)27-8-9-29-10-12-34-13-11-29)17-14-20(32-2)21(33-3)15-18(17)25(28)31/h4-7,14-15,22-23H,8-13H2,1-3H3,(H,27,30)/t22-,23+/m1/s1. The van der Waals surface area contributed by atoms with Crippen LogP contribution in [-0.2, 0) is 9.53 Å². The molecule has 2 aromatic rings. The van der Waals surface area contributed by atoms with Crippen molar-refractivity contribution in [2.24, 2.45) is 0 Å². The monoisotopic (exact) mass is 471 g/mol. The van der Waals surface area contributed by atoms with Crippen molar-refractivity contribution in [2.45, 2.75) is 12.0 Å². The van der Waals surface area contributed by atoms with Gasteiger partial charge < -0.3 is 24.4 Å². The lowest BCUT2D eigenvalue weighted by Gasteiger charge is -2.40. The molecule has 2 aliphatic heterocycles. The Hall–Kier alpha value is -3.17. The van der Waals surface area contributed by atoms with Gasteiger partial charge in [0.05, 0.1) is 39.4 Å². The quantitative estimate of drug-likeness (QED) is 0.667. The molecule has 34 heavy (non-hydrogen) atoms. The van der Waals surface area contributed by atoms with E-state index >= 15 is 0 Å². The molecule has 0 spiro atoms.